The number of piperidine rings is 2. The second-order valence-corrected chi connectivity index (χ2v) is 12.9. The van der Waals surface area contributed by atoms with Crippen molar-refractivity contribution < 1.29 is 18.3 Å². The molecule has 1 aliphatic carbocycles. The van der Waals surface area contributed by atoms with Gasteiger partial charge in [-0.2, -0.15) is 0 Å². The Labute approximate surface area is 223 Å². The molecular formula is C30H33N3O4S. The number of fused-ring (bicyclic) bond motifs is 4. The number of aliphatic hydroxyl groups is 1. The summed E-state index contributed by atoms with van der Waals surface area (Å²) < 4.78 is 29.5. The molecule has 38 heavy (non-hydrogen) atoms. The summed E-state index contributed by atoms with van der Waals surface area (Å²) >= 11 is 0. The zero-order chi connectivity index (χ0) is 26.8. The van der Waals surface area contributed by atoms with Crippen molar-refractivity contribution in [2.24, 2.45) is 0 Å². The summed E-state index contributed by atoms with van der Waals surface area (Å²) in [5, 5.41) is 12.2. The van der Waals surface area contributed by atoms with E-state index in [1.165, 1.54) is 3.97 Å². The molecule has 1 amide bonds. The first-order valence-corrected chi connectivity index (χ1v) is 14.8. The lowest BCUT2D eigenvalue weighted by Gasteiger charge is -2.58. The molecule has 198 valence electrons. The summed E-state index contributed by atoms with van der Waals surface area (Å²) in [5.74, 6) is -0.113. The maximum absolute atomic E-state index is 14.1. The van der Waals surface area contributed by atoms with Gasteiger partial charge in [-0.3, -0.25) is 9.78 Å². The molecular weight excluding hydrogens is 498 g/mol. The summed E-state index contributed by atoms with van der Waals surface area (Å²) in [5.41, 5.74) is 2.24. The zero-order valence-electron chi connectivity index (χ0n) is 22.0. The lowest BCUT2D eigenvalue weighted by molar-refractivity contribution is -0.178. The Bertz CT molecular complexity index is 1660. The van der Waals surface area contributed by atoms with Crippen LogP contribution in [0.1, 0.15) is 63.0 Å². The lowest BCUT2D eigenvalue weighted by atomic mass is 9.66. The molecule has 2 atom stereocenters. The van der Waals surface area contributed by atoms with Crippen molar-refractivity contribution >= 4 is 37.7 Å². The number of para-hydroxylation sites is 1. The highest BCUT2D eigenvalue weighted by atomic mass is 32.2. The van der Waals surface area contributed by atoms with E-state index in [1.807, 2.05) is 49.1 Å². The zero-order valence-corrected chi connectivity index (χ0v) is 22.8. The van der Waals surface area contributed by atoms with Crippen LogP contribution in [0, 0.1) is 6.92 Å². The number of pyridine rings is 1. The number of hydrogen-bond donors (Lipinski definition) is 1. The van der Waals surface area contributed by atoms with E-state index in [0.717, 1.165) is 28.3 Å². The largest absolute Gasteiger partial charge is 0.390 e. The molecule has 1 N–H and O–H groups in total. The van der Waals surface area contributed by atoms with Crippen molar-refractivity contribution in [1.29, 1.82) is 0 Å². The summed E-state index contributed by atoms with van der Waals surface area (Å²) in [7, 11) is -3.96. The second-order valence-electron chi connectivity index (χ2n) is 11.1. The third-order valence-corrected chi connectivity index (χ3v) is 10.3. The summed E-state index contributed by atoms with van der Waals surface area (Å²) in [6.45, 7) is 6.04. The maximum atomic E-state index is 14.1. The molecule has 4 aromatic rings. The normalized spacial score (nSPS) is 23.9. The van der Waals surface area contributed by atoms with Gasteiger partial charge in [-0.1, -0.05) is 44.2 Å². The van der Waals surface area contributed by atoms with Crippen LogP contribution in [0.25, 0.3) is 21.8 Å². The molecule has 2 saturated heterocycles. The predicted molar refractivity (Wildman–Crippen MR) is 148 cm³/mol. The number of hydrogen-bond acceptors (Lipinski definition) is 5. The Hall–Kier alpha value is -3.23. The van der Waals surface area contributed by atoms with Gasteiger partial charge < -0.3 is 10.0 Å². The van der Waals surface area contributed by atoms with E-state index in [1.54, 1.807) is 30.6 Å². The van der Waals surface area contributed by atoms with Gasteiger partial charge in [-0.25, -0.2) is 12.4 Å². The van der Waals surface area contributed by atoms with E-state index in [0.29, 0.717) is 30.3 Å². The fourth-order valence-corrected chi connectivity index (χ4v) is 8.22. The second kappa shape index (κ2) is 8.92. The molecule has 2 aliphatic heterocycles. The number of aryl methyl sites for hydroxylation is 1. The van der Waals surface area contributed by atoms with Gasteiger partial charge in [0.05, 0.1) is 16.6 Å². The molecule has 7 nitrogen and oxygen atoms in total. The molecule has 8 heteroatoms. The minimum absolute atomic E-state index is 0.0505. The molecule has 2 unspecified atom stereocenters. The Kier molecular flexibility index (Phi) is 5.88. The molecule has 7 rings (SSSR count). The van der Waals surface area contributed by atoms with Crippen LogP contribution in [0.5, 0.6) is 0 Å². The maximum Gasteiger partial charge on any atom is 0.270 e. The van der Waals surface area contributed by atoms with Crippen LogP contribution < -0.4 is 0 Å². The van der Waals surface area contributed by atoms with E-state index in [9.17, 15) is 18.3 Å². The first kappa shape index (κ1) is 25.1. The molecule has 0 spiro atoms. The summed E-state index contributed by atoms with van der Waals surface area (Å²) in [6, 6.07) is 14.6. The average Bonchev–Trinajstić information content (AvgIpc) is 3.29. The minimum Gasteiger partial charge on any atom is -0.390 e. The first-order chi connectivity index (χ1) is 18.1. The van der Waals surface area contributed by atoms with Crippen molar-refractivity contribution in [3.63, 3.8) is 0 Å². The molecule has 2 bridgehead atoms. The van der Waals surface area contributed by atoms with E-state index < -0.39 is 15.6 Å². The lowest BCUT2D eigenvalue weighted by Crippen LogP contribution is -2.67. The predicted octanol–water partition coefficient (Wildman–Crippen LogP) is 5.13. The highest BCUT2D eigenvalue weighted by Gasteiger charge is 2.54. The Morgan fingerprint density at radius 2 is 1.87 bits per heavy atom. The van der Waals surface area contributed by atoms with E-state index in [4.69, 9.17) is 0 Å². The number of nitrogens with zero attached hydrogens (tertiary/aromatic N) is 3. The quantitative estimate of drug-likeness (QED) is 0.372. The molecule has 2 aromatic carbocycles. The first-order valence-electron chi connectivity index (χ1n) is 13.4. The molecule has 3 aliphatic rings. The van der Waals surface area contributed by atoms with Gasteiger partial charge in [-0.15, -0.1) is 0 Å². The van der Waals surface area contributed by atoms with Crippen molar-refractivity contribution in [3.8, 4) is 0 Å². The number of rotatable bonds is 6. The Morgan fingerprint density at radius 1 is 1.13 bits per heavy atom. The molecule has 3 fully saturated rings. The van der Waals surface area contributed by atoms with Gasteiger partial charge in [0.15, 0.2) is 0 Å². The highest BCUT2D eigenvalue weighted by Crippen LogP contribution is 2.47. The van der Waals surface area contributed by atoms with Crippen LogP contribution in [-0.4, -0.2) is 51.0 Å². The van der Waals surface area contributed by atoms with Gasteiger partial charge in [0.1, 0.15) is 4.90 Å². The van der Waals surface area contributed by atoms with Crippen LogP contribution in [0.2, 0.25) is 0 Å². The van der Waals surface area contributed by atoms with Gasteiger partial charge in [-0.05, 0) is 67.9 Å². The number of aromatic nitrogens is 2. The SMILES string of the molecule is CCC1CC2(O)CC(C2)N1C(=O)CC(C)c1cn(S(=O)(=O)c2cccc3cccnc23)c2cccc(C)c12. The molecule has 0 radical (unpaired) electrons. The van der Waals surface area contributed by atoms with Gasteiger partial charge >= 0.3 is 0 Å². The molecule has 2 aromatic heterocycles. The molecule has 1 saturated carbocycles. The number of amides is 1. The van der Waals surface area contributed by atoms with Crippen LogP contribution in [0.3, 0.4) is 0 Å². The monoisotopic (exact) mass is 531 g/mol. The van der Waals surface area contributed by atoms with Crippen LogP contribution in [0.15, 0.2) is 65.8 Å². The van der Waals surface area contributed by atoms with E-state index in [2.05, 4.69) is 11.9 Å². The minimum atomic E-state index is -3.96. The standard InChI is InChI=1S/C30H33N3O4S/c1-4-22-15-30(35)16-23(17-30)33(22)27(34)14-20(3)24-18-32(25-11-5-8-19(2)28(24)25)38(36,37)26-12-6-9-21-10-7-13-31-29(21)26/h5-13,18,20,22-23,35H,4,14-17H2,1-3H3. The van der Waals surface area contributed by atoms with Crippen molar-refractivity contribution in [3.05, 3.63) is 72.1 Å². The van der Waals surface area contributed by atoms with E-state index in [-0.39, 0.29) is 35.2 Å². The highest BCUT2D eigenvalue weighted by molar-refractivity contribution is 7.90. The van der Waals surface area contributed by atoms with Crippen LogP contribution in [0.4, 0.5) is 0 Å². The summed E-state index contributed by atoms with van der Waals surface area (Å²) in [4.78, 5) is 20.1. The fraction of sp³-hybridized carbons (Fsp3) is 0.400. The number of carbonyl (C=O) groups excluding carboxylic acids is 1. The van der Waals surface area contributed by atoms with Crippen LogP contribution in [-0.2, 0) is 14.8 Å². The Balaban J connectivity index is 1.40. The van der Waals surface area contributed by atoms with E-state index >= 15 is 0 Å². The summed E-state index contributed by atoms with van der Waals surface area (Å²) in [6.07, 6.45) is 6.34. The average molecular weight is 532 g/mol. The third-order valence-electron chi connectivity index (χ3n) is 8.57. The molecule has 4 heterocycles. The number of carbonyl (C=O) groups is 1. The van der Waals surface area contributed by atoms with Gasteiger partial charge in [0, 0.05) is 41.7 Å². The van der Waals surface area contributed by atoms with Crippen LogP contribution >= 0.6 is 0 Å². The topological polar surface area (TPSA) is 92.5 Å². The van der Waals surface area contributed by atoms with Crippen molar-refractivity contribution in [1.82, 2.24) is 13.9 Å². The van der Waals surface area contributed by atoms with Gasteiger partial charge in [0.25, 0.3) is 10.0 Å². The Morgan fingerprint density at radius 3 is 2.63 bits per heavy atom. The third kappa shape index (κ3) is 3.84. The van der Waals surface area contributed by atoms with Crippen molar-refractivity contribution in [2.45, 2.75) is 81.4 Å². The van der Waals surface area contributed by atoms with Gasteiger partial charge in [0.2, 0.25) is 5.91 Å². The van der Waals surface area contributed by atoms with Crippen molar-refractivity contribution in [2.75, 3.05) is 0 Å². The fourth-order valence-electron chi connectivity index (χ4n) is 6.68. The smallest absolute Gasteiger partial charge is 0.270 e. The number of benzene rings is 2.